The number of primary amides is 1. The zero-order valence-corrected chi connectivity index (χ0v) is 10.6. The van der Waals surface area contributed by atoms with E-state index in [2.05, 4.69) is 12.2 Å². The molecular formula is C13H18FN3O. The van der Waals surface area contributed by atoms with E-state index in [4.69, 9.17) is 5.73 Å². The van der Waals surface area contributed by atoms with Gasteiger partial charge in [0.05, 0.1) is 5.69 Å². The second-order valence-corrected chi connectivity index (χ2v) is 4.84. The van der Waals surface area contributed by atoms with E-state index in [9.17, 15) is 9.18 Å². The summed E-state index contributed by atoms with van der Waals surface area (Å²) in [6.45, 7) is 5.67. The Kier molecular flexibility index (Phi) is 3.52. The number of halogens is 1. The fraction of sp³-hybridized carbons (Fsp3) is 0.462. The molecule has 0 bridgehead atoms. The van der Waals surface area contributed by atoms with Crippen molar-refractivity contribution in [2.45, 2.75) is 25.9 Å². The first-order chi connectivity index (χ1) is 8.49. The molecule has 3 N–H and O–H groups in total. The molecule has 1 aliphatic rings. The summed E-state index contributed by atoms with van der Waals surface area (Å²) in [4.78, 5) is 13.0. The van der Waals surface area contributed by atoms with Crippen LogP contribution in [0.1, 0.15) is 24.2 Å². The van der Waals surface area contributed by atoms with Crippen LogP contribution in [-0.2, 0) is 0 Å². The van der Waals surface area contributed by atoms with Gasteiger partial charge in [-0.25, -0.2) is 4.39 Å². The first kappa shape index (κ1) is 12.8. The van der Waals surface area contributed by atoms with E-state index < -0.39 is 11.7 Å². The van der Waals surface area contributed by atoms with Gasteiger partial charge in [-0.1, -0.05) is 0 Å². The van der Waals surface area contributed by atoms with Crippen molar-refractivity contribution in [1.29, 1.82) is 0 Å². The molecule has 1 amide bonds. The zero-order chi connectivity index (χ0) is 13.3. The van der Waals surface area contributed by atoms with Crippen LogP contribution < -0.4 is 16.0 Å². The highest BCUT2D eigenvalue weighted by Gasteiger charge is 2.24. The summed E-state index contributed by atoms with van der Waals surface area (Å²) in [7, 11) is 0. The monoisotopic (exact) mass is 251 g/mol. The van der Waals surface area contributed by atoms with Crippen LogP contribution in [0.3, 0.4) is 0 Å². The number of nitrogens with two attached hydrogens (primary N) is 1. The number of rotatable bonds is 2. The molecule has 1 aromatic rings. The first-order valence-corrected chi connectivity index (χ1v) is 6.08. The molecule has 18 heavy (non-hydrogen) atoms. The van der Waals surface area contributed by atoms with Crippen LogP contribution in [0, 0.1) is 5.82 Å². The molecule has 1 fully saturated rings. The number of hydrogen-bond acceptors (Lipinski definition) is 3. The lowest BCUT2D eigenvalue weighted by atomic mass is 10.1. The van der Waals surface area contributed by atoms with Crippen molar-refractivity contribution in [3.8, 4) is 0 Å². The van der Waals surface area contributed by atoms with Crippen molar-refractivity contribution in [3.63, 3.8) is 0 Å². The van der Waals surface area contributed by atoms with Gasteiger partial charge < -0.3 is 16.0 Å². The molecule has 0 aromatic heterocycles. The molecule has 5 heteroatoms. The maximum Gasteiger partial charge on any atom is 0.248 e. The number of anilines is 1. The third kappa shape index (κ3) is 2.46. The minimum Gasteiger partial charge on any atom is -0.366 e. The normalized spacial score (nSPS) is 24.1. The minimum absolute atomic E-state index is 0.201. The first-order valence-electron chi connectivity index (χ1n) is 6.08. The van der Waals surface area contributed by atoms with Gasteiger partial charge in [0.1, 0.15) is 5.82 Å². The van der Waals surface area contributed by atoms with E-state index in [1.165, 1.54) is 6.07 Å². The Labute approximate surface area is 106 Å². The lowest BCUT2D eigenvalue weighted by Crippen LogP contribution is -2.54. The van der Waals surface area contributed by atoms with E-state index in [1.54, 1.807) is 12.1 Å². The third-order valence-electron chi connectivity index (χ3n) is 3.31. The SMILES string of the molecule is CC1CN(c2ccc(C(N)=O)cc2F)C(C)CN1. The van der Waals surface area contributed by atoms with Gasteiger partial charge in [-0.15, -0.1) is 0 Å². The third-order valence-corrected chi connectivity index (χ3v) is 3.31. The summed E-state index contributed by atoms with van der Waals surface area (Å²) < 4.78 is 14.0. The minimum atomic E-state index is -0.609. The molecule has 1 aliphatic heterocycles. The number of hydrogen-bond donors (Lipinski definition) is 2. The Morgan fingerprint density at radius 2 is 2.22 bits per heavy atom. The maximum absolute atomic E-state index is 14.0. The number of nitrogens with zero attached hydrogens (tertiary/aromatic N) is 1. The van der Waals surface area contributed by atoms with Crippen molar-refractivity contribution in [3.05, 3.63) is 29.6 Å². The van der Waals surface area contributed by atoms with E-state index in [0.29, 0.717) is 11.7 Å². The zero-order valence-electron chi connectivity index (χ0n) is 10.6. The summed E-state index contributed by atoms with van der Waals surface area (Å²) in [5, 5.41) is 3.34. The summed E-state index contributed by atoms with van der Waals surface area (Å²) >= 11 is 0. The predicted octanol–water partition coefficient (Wildman–Crippen LogP) is 1.11. The number of carbonyl (C=O) groups excluding carboxylic acids is 1. The molecule has 2 rings (SSSR count). The average Bonchev–Trinajstić information content (AvgIpc) is 2.32. The van der Waals surface area contributed by atoms with Gasteiger partial charge in [0, 0.05) is 30.7 Å². The Hall–Kier alpha value is -1.62. The molecule has 98 valence electrons. The van der Waals surface area contributed by atoms with Crippen molar-refractivity contribution in [1.82, 2.24) is 5.32 Å². The number of nitrogens with one attached hydrogen (secondary N) is 1. The van der Waals surface area contributed by atoms with Gasteiger partial charge in [-0.05, 0) is 32.0 Å². The summed E-state index contributed by atoms with van der Waals surface area (Å²) in [6.07, 6.45) is 0. The lowest BCUT2D eigenvalue weighted by molar-refractivity contribution is 0.1000. The molecular weight excluding hydrogens is 233 g/mol. The van der Waals surface area contributed by atoms with Gasteiger partial charge in [0.2, 0.25) is 5.91 Å². The van der Waals surface area contributed by atoms with Crippen molar-refractivity contribution >= 4 is 11.6 Å². The molecule has 0 spiro atoms. The van der Waals surface area contributed by atoms with Gasteiger partial charge in [0.25, 0.3) is 0 Å². The number of benzene rings is 1. The van der Waals surface area contributed by atoms with Crippen molar-refractivity contribution in [2.75, 3.05) is 18.0 Å². The Bertz CT molecular complexity index is 464. The molecule has 0 aliphatic carbocycles. The molecule has 1 aromatic carbocycles. The van der Waals surface area contributed by atoms with E-state index in [1.807, 2.05) is 11.8 Å². The lowest BCUT2D eigenvalue weighted by Gasteiger charge is -2.39. The number of piperazine rings is 1. The van der Waals surface area contributed by atoms with Crippen LogP contribution in [0.5, 0.6) is 0 Å². The van der Waals surface area contributed by atoms with Crippen LogP contribution in [0.4, 0.5) is 10.1 Å². The highest BCUT2D eigenvalue weighted by molar-refractivity contribution is 5.93. The molecule has 1 saturated heterocycles. The maximum atomic E-state index is 14.0. The van der Waals surface area contributed by atoms with Crippen LogP contribution in [0.25, 0.3) is 0 Å². The summed E-state index contributed by atoms with van der Waals surface area (Å²) in [6, 6.07) is 4.94. The standard InChI is InChI=1S/C13H18FN3O/c1-8-7-17(9(2)6-16-8)12-4-3-10(13(15)18)5-11(12)14/h3-5,8-9,16H,6-7H2,1-2H3,(H2,15,18). The Morgan fingerprint density at radius 3 is 2.83 bits per heavy atom. The van der Waals surface area contributed by atoms with Crippen LogP contribution in [-0.4, -0.2) is 31.1 Å². The van der Waals surface area contributed by atoms with Gasteiger partial charge >= 0.3 is 0 Å². The fourth-order valence-corrected chi connectivity index (χ4v) is 2.25. The summed E-state index contributed by atoms with van der Waals surface area (Å²) in [5.74, 6) is -1.01. The molecule has 0 saturated carbocycles. The highest BCUT2D eigenvalue weighted by atomic mass is 19.1. The molecule has 4 nitrogen and oxygen atoms in total. The Balaban J connectivity index is 2.30. The van der Waals surface area contributed by atoms with Crippen molar-refractivity contribution in [2.24, 2.45) is 5.73 Å². The molecule has 0 radical (unpaired) electrons. The van der Waals surface area contributed by atoms with Crippen molar-refractivity contribution < 1.29 is 9.18 Å². The van der Waals surface area contributed by atoms with Gasteiger partial charge in [-0.2, -0.15) is 0 Å². The topological polar surface area (TPSA) is 58.4 Å². The fourth-order valence-electron chi connectivity index (χ4n) is 2.25. The molecule has 2 unspecified atom stereocenters. The number of carbonyl (C=O) groups is 1. The number of amides is 1. The average molecular weight is 251 g/mol. The van der Waals surface area contributed by atoms with Gasteiger partial charge in [-0.3, -0.25) is 4.79 Å². The molecule has 2 atom stereocenters. The van der Waals surface area contributed by atoms with Crippen LogP contribution in [0.2, 0.25) is 0 Å². The smallest absolute Gasteiger partial charge is 0.248 e. The molecule has 1 heterocycles. The summed E-state index contributed by atoms with van der Waals surface area (Å²) in [5.41, 5.74) is 5.86. The predicted molar refractivity (Wildman–Crippen MR) is 69.2 cm³/mol. The van der Waals surface area contributed by atoms with Crippen LogP contribution in [0.15, 0.2) is 18.2 Å². The second kappa shape index (κ2) is 4.94. The van der Waals surface area contributed by atoms with E-state index in [-0.39, 0.29) is 11.6 Å². The largest absolute Gasteiger partial charge is 0.366 e. The quantitative estimate of drug-likeness (QED) is 0.828. The van der Waals surface area contributed by atoms with Crippen LogP contribution >= 0.6 is 0 Å². The van der Waals surface area contributed by atoms with E-state index >= 15 is 0 Å². The van der Waals surface area contributed by atoms with Gasteiger partial charge in [0.15, 0.2) is 0 Å². The highest BCUT2D eigenvalue weighted by Crippen LogP contribution is 2.24. The second-order valence-electron chi connectivity index (χ2n) is 4.84. The Morgan fingerprint density at radius 1 is 1.50 bits per heavy atom. The van der Waals surface area contributed by atoms with E-state index in [0.717, 1.165) is 13.1 Å².